The maximum atomic E-state index is 4.26. The number of nitrogens with zero attached hydrogens (tertiary/aromatic N) is 1. The molecule has 0 bridgehead atoms. The normalized spacial score (nSPS) is 7.67. The Morgan fingerprint density at radius 1 is 1.17 bits per heavy atom. The summed E-state index contributed by atoms with van der Waals surface area (Å²) in [6, 6.07) is 2.10. The summed E-state index contributed by atoms with van der Waals surface area (Å²) in [6.07, 6.45) is 3.71. The van der Waals surface area contributed by atoms with Crippen molar-refractivity contribution in [2.45, 2.75) is 13.8 Å². The summed E-state index contributed by atoms with van der Waals surface area (Å²) in [5.41, 5.74) is 2.45. The fourth-order valence-electron chi connectivity index (χ4n) is 0.706. The van der Waals surface area contributed by atoms with Crippen molar-refractivity contribution in [3.8, 4) is 0 Å². The van der Waals surface area contributed by atoms with Gasteiger partial charge in [-0.15, -0.1) is 0 Å². The number of aryl methyl sites for hydroxylation is 2. The SMILES string of the molecule is Cc1cncc(C)c1.ClOCl.[Se]. The van der Waals surface area contributed by atoms with E-state index >= 15 is 0 Å². The maximum absolute atomic E-state index is 4.26. The molecule has 2 nitrogen and oxygen atoms in total. The quantitative estimate of drug-likeness (QED) is 0.678. The summed E-state index contributed by atoms with van der Waals surface area (Å²) in [7, 11) is 0. The number of hydrogen-bond acceptors (Lipinski definition) is 2. The van der Waals surface area contributed by atoms with E-state index in [2.05, 4.69) is 38.6 Å². The summed E-state index contributed by atoms with van der Waals surface area (Å²) in [5, 5.41) is 0. The molecule has 0 aliphatic heterocycles. The first kappa shape index (κ1) is 14.7. The monoisotopic (exact) mass is 273 g/mol. The Kier molecular flexibility index (Phi) is 11.4. The number of aromatic nitrogens is 1. The Bertz CT molecular complexity index is 193. The van der Waals surface area contributed by atoms with Crippen molar-refractivity contribution >= 4 is 40.8 Å². The van der Waals surface area contributed by atoms with Crippen molar-refractivity contribution in [2.75, 3.05) is 0 Å². The van der Waals surface area contributed by atoms with E-state index in [0.717, 1.165) is 0 Å². The maximum Gasteiger partial charge on any atom is 0.0832 e. The van der Waals surface area contributed by atoms with E-state index in [9.17, 15) is 0 Å². The molecule has 0 spiro atoms. The van der Waals surface area contributed by atoms with Crippen molar-refractivity contribution in [1.29, 1.82) is 0 Å². The molecule has 0 amide bonds. The van der Waals surface area contributed by atoms with Gasteiger partial charge in [0.05, 0.1) is 23.7 Å². The molecule has 1 rings (SSSR count). The van der Waals surface area contributed by atoms with Gasteiger partial charge in [-0.1, -0.05) is 6.07 Å². The molecule has 2 radical (unpaired) electrons. The summed E-state index contributed by atoms with van der Waals surface area (Å²) in [5.74, 6) is 0. The van der Waals surface area contributed by atoms with Crippen LogP contribution in [0.1, 0.15) is 11.1 Å². The van der Waals surface area contributed by atoms with Gasteiger partial charge < -0.3 is 0 Å². The molecule has 0 N–H and O–H groups in total. The molecular formula is C7H9Cl2NOSe. The first-order valence-electron chi connectivity index (χ1n) is 2.98. The minimum absolute atomic E-state index is 0. The van der Waals surface area contributed by atoms with E-state index in [4.69, 9.17) is 0 Å². The zero-order valence-corrected chi connectivity index (χ0v) is 9.98. The molecule has 0 saturated carbocycles. The molecule has 0 fully saturated rings. The smallest absolute Gasteiger partial charge is 0.0832 e. The van der Waals surface area contributed by atoms with Crippen molar-refractivity contribution in [2.24, 2.45) is 0 Å². The van der Waals surface area contributed by atoms with Crippen LogP contribution in [0.4, 0.5) is 0 Å². The fraction of sp³-hybridized carbons (Fsp3) is 0.286. The van der Waals surface area contributed by atoms with E-state index in [0.29, 0.717) is 0 Å². The standard InChI is InChI=1S/C7H9N.Cl2O.Se/c1-6-3-7(2)5-8-4-6;1-3-2;/h3-5H,1-2H3;;. The molecule has 0 aliphatic rings. The van der Waals surface area contributed by atoms with E-state index in [-0.39, 0.29) is 17.1 Å². The van der Waals surface area contributed by atoms with Gasteiger partial charge in [0.2, 0.25) is 0 Å². The van der Waals surface area contributed by atoms with Gasteiger partial charge in [-0.25, -0.2) is 0 Å². The van der Waals surface area contributed by atoms with Gasteiger partial charge in [-0.2, -0.15) is 3.84 Å². The fourth-order valence-corrected chi connectivity index (χ4v) is 0.706. The average Bonchev–Trinajstić information content (AvgIpc) is 1.88. The van der Waals surface area contributed by atoms with Crippen LogP contribution in [0, 0.1) is 13.8 Å². The second kappa shape index (κ2) is 9.30. The number of halogens is 2. The molecule has 1 aromatic rings. The first-order chi connectivity index (χ1) is 5.20. The van der Waals surface area contributed by atoms with Crippen LogP contribution in [0.25, 0.3) is 0 Å². The van der Waals surface area contributed by atoms with Gasteiger partial charge in [0.1, 0.15) is 0 Å². The van der Waals surface area contributed by atoms with Gasteiger partial charge in [0.25, 0.3) is 0 Å². The van der Waals surface area contributed by atoms with Crippen LogP contribution in [-0.2, 0) is 3.84 Å². The number of hydrogen-bond donors (Lipinski definition) is 0. The van der Waals surface area contributed by atoms with Crippen LogP contribution < -0.4 is 0 Å². The van der Waals surface area contributed by atoms with Crippen LogP contribution in [-0.4, -0.2) is 22.1 Å². The second-order valence-corrected chi connectivity index (χ2v) is 2.56. The molecule has 0 aliphatic carbocycles. The molecule has 12 heavy (non-hydrogen) atoms. The topological polar surface area (TPSA) is 22.1 Å². The molecule has 0 atom stereocenters. The zero-order valence-electron chi connectivity index (χ0n) is 6.75. The molecule has 68 valence electrons. The average molecular weight is 273 g/mol. The Balaban J connectivity index is 0. The molecule has 0 aromatic carbocycles. The molecule has 1 aromatic heterocycles. The summed E-state index contributed by atoms with van der Waals surface area (Å²) < 4.78 is 3.19. The minimum atomic E-state index is 0. The van der Waals surface area contributed by atoms with E-state index < -0.39 is 0 Å². The Hall–Kier alpha value is 0.209. The van der Waals surface area contributed by atoms with E-state index in [1.165, 1.54) is 11.1 Å². The second-order valence-electron chi connectivity index (χ2n) is 2.10. The summed E-state index contributed by atoms with van der Waals surface area (Å²) in [6.45, 7) is 4.08. The summed E-state index contributed by atoms with van der Waals surface area (Å²) >= 11 is 8.53. The third-order valence-electron chi connectivity index (χ3n) is 1.01. The zero-order chi connectivity index (χ0) is 8.69. The van der Waals surface area contributed by atoms with Crippen LogP contribution in [0.15, 0.2) is 18.5 Å². The van der Waals surface area contributed by atoms with Gasteiger partial charge in [0, 0.05) is 29.5 Å². The molecule has 1 heterocycles. The van der Waals surface area contributed by atoms with Crippen LogP contribution >= 0.6 is 23.7 Å². The first-order valence-corrected chi connectivity index (χ1v) is 3.60. The van der Waals surface area contributed by atoms with Crippen molar-refractivity contribution in [3.63, 3.8) is 0 Å². The minimum Gasteiger partial charge on any atom is -0.264 e. The van der Waals surface area contributed by atoms with Crippen molar-refractivity contribution in [3.05, 3.63) is 29.6 Å². The molecule has 0 unspecified atom stereocenters. The van der Waals surface area contributed by atoms with Crippen molar-refractivity contribution in [1.82, 2.24) is 4.98 Å². The number of pyridine rings is 1. The van der Waals surface area contributed by atoms with Crippen LogP contribution in [0.3, 0.4) is 0 Å². The molecule has 0 saturated heterocycles. The van der Waals surface area contributed by atoms with Crippen molar-refractivity contribution < 1.29 is 3.84 Å². The van der Waals surface area contributed by atoms with Crippen LogP contribution in [0.5, 0.6) is 0 Å². The largest absolute Gasteiger partial charge is 0.264 e. The van der Waals surface area contributed by atoms with E-state index in [1.807, 2.05) is 26.2 Å². The third kappa shape index (κ3) is 8.31. The van der Waals surface area contributed by atoms with E-state index in [1.54, 1.807) is 0 Å². The third-order valence-corrected chi connectivity index (χ3v) is 1.01. The summed E-state index contributed by atoms with van der Waals surface area (Å²) in [4.78, 5) is 3.98. The van der Waals surface area contributed by atoms with Gasteiger partial charge in [-0.05, 0) is 25.0 Å². The molecular weight excluding hydrogens is 264 g/mol. The Morgan fingerprint density at radius 3 is 1.67 bits per heavy atom. The Labute approximate surface area is 93.0 Å². The van der Waals surface area contributed by atoms with Crippen LogP contribution in [0.2, 0.25) is 0 Å². The number of rotatable bonds is 0. The predicted octanol–water partition coefficient (Wildman–Crippen LogP) is 2.63. The van der Waals surface area contributed by atoms with Gasteiger partial charge in [-0.3, -0.25) is 4.98 Å². The van der Waals surface area contributed by atoms with Gasteiger partial charge >= 0.3 is 0 Å². The predicted molar refractivity (Wildman–Crippen MR) is 52.3 cm³/mol. The molecule has 5 heteroatoms. The van der Waals surface area contributed by atoms with Gasteiger partial charge in [0.15, 0.2) is 0 Å². The Morgan fingerprint density at radius 2 is 1.50 bits per heavy atom.